The average molecular weight is 607 g/mol. The number of likely N-dealkylation sites (tertiary alicyclic amines) is 1. The summed E-state index contributed by atoms with van der Waals surface area (Å²) in [5.41, 5.74) is 0.713. The van der Waals surface area contributed by atoms with Crippen LogP contribution < -0.4 is 14.8 Å². The minimum absolute atomic E-state index is 0.0841. The molecule has 0 radical (unpaired) electrons. The van der Waals surface area contributed by atoms with E-state index in [9.17, 15) is 18.8 Å². The van der Waals surface area contributed by atoms with Crippen LogP contribution in [0, 0.1) is 5.82 Å². The Hall–Kier alpha value is -4.42. The topological polar surface area (TPSA) is 151 Å². The van der Waals surface area contributed by atoms with Gasteiger partial charge in [-0.2, -0.15) is 0 Å². The van der Waals surface area contributed by atoms with Crippen molar-refractivity contribution in [2.75, 3.05) is 25.5 Å². The maximum atomic E-state index is 14.6. The summed E-state index contributed by atoms with van der Waals surface area (Å²) in [6, 6.07) is 6.47. The number of amides is 1. The van der Waals surface area contributed by atoms with Gasteiger partial charge in [-0.25, -0.2) is 23.9 Å². The maximum absolute atomic E-state index is 14.6. The van der Waals surface area contributed by atoms with Gasteiger partial charge in [-0.3, -0.25) is 4.79 Å². The minimum atomic E-state index is -1.26. The van der Waals surface area contributed by atoms with Crippen molar-refractivity contribution in [1.29, 1.82) is 0 Å². The molecule has 0 saturated carbocycles. The molecule has 1 saturated heterocycles. The van der Waals surface area contributed by atoms with E-state index in [2.05, 4.69) is 21.9 Å². The Kier molecular flexibility index (Phi) is 10.8. The SMILES string of the molecule is C=CC(=O)N1CCC(Oc2cc3c(Nc4ccc(Cl)c(Cl)c4F)ncnc3cc2OC)CC1.O=C(O)/C=C\C(=O)O. The number of rotatable bonds is 8. The van der Waals surface area contributed by atoms with Crippen molar-refractivity contribution < 1.29 is 38.5 Å². The predicted octanol–water partition coefficient (Wildman–Crippen LogP) is 5.10. The lowest BCUT2D eigenvalue weighted by Gasteiger charge is -2.31. The summed E-state index contributed by atoms with van der Waals surface area (Å²) < 4.78 is 26.3. The van der Waals surface area contributed by atoms with Gasteiger partial charge in [0.2, 0.25) is 5.91 Å². The highest BCUT2D eigenvalue weighted by Crippen LogP contribution is 2.37. The first-order valence-electron chi connectivity index (χ1n) is 12.0. The van der Waals surface area contributed by atoms with E-state index >= 15 is 0 Å². The number of hydrogen-bond donors (Lipinski definition) is 3. The van der Waals surface area contributed by atoms with Gasteiger partial charge in [-0.15, -0.1) is 0 Å². The van der Waals surface area contributed by atoms with E-state index in [0.29, 0.717) is 66.3 Å². The molecule has 216 valence electrons. The van der Waals surface area contributed by atoms with Crippen LogP contribution in [0.4, 0.5) is 15.9 Å². The number of fused-ring (bicyclic) bond motifs is 1. The number of piperidine rings is 1. The van der Waals surface area contributed by atoms with Crippen LogP contribution in [0.2, 0.25) is 10.0 Å². The second kappa shape index (κ2) is 14.3. The van der Waals surface area contributed by atoms with Crippen molar-refractivity contribution in [2.24, 2.45) is 0 Å². The van der Waals surface area contributed by atoms with Gasteiger partial charge in [0, 0.05) is 49.5 Å². The van der Waals surface area contributed by atoms with Crippen molar-refractivity contribution >= 4 is 63.5 Å². The molecule has 2 heterocycles. The highest BCUT2D eigenvalue weighted by Gasteiger charge is 2.24. The Bertz CT molecular complexity index is 1480. The van der Waals surface area contributed by atoms with E-state index in [4.69, 9.17) is 42.9 Å². The smallest absolute Gasteiger partial charge is 0.328 e. The number of hydrogen-bond acceptors (Lipinski definition) is 8. The summed E-state index contributed by atoms with van der Waals surface area (Å²) in [5, 5.41) is 19.1. The molecular weight excluding hydrogens is 582 g/mol. The van der Waals surface area contributed by atoms with Gasteiger partial charge in [-0.05, 0) is 24.3 Å². The van der Waals surface area contributed by atoms with Crippen LogP contribution >= 0.6 is 23.2 Å². The first kappa shape index (κ1) is 31.1. The van der Waals surface area contributed by atoms with Crippen molar-refractivity contribution in [3.63, 3.8) is 0 Å². The Morgan fingerprint density at radius 2 is 1.76 bits per heavy atom. The Labute approximate surface area is 243 Å². The molecule has 0 atom stereocenters. The number of aliphatic carboxylic acids is 2. The van der Waals surface area contributed by atoms with E-state index in [1.165, 1.54) is 24.5 Å². The van der Waals surface area contributed by atoms with Gasteiger partial charge in [0.25, 0.3) is 0 Å². The molecule has 1 aliphatic heterocycles. The first-order chi connectivity index (χ1) is 19.5. The van der Waals surface area contributed by atoms with Crippen LogP contribution in [0.15, 0.2) is 55.4 Å². The van der Waals surface area contributed by atoms with E-state index in [0.717, 1.165) is 0 Å². The molecule has 0 spiro atoms. The van der Waals surface area contributed by atoms with Crippen LogP contribution in [0.3, 0.4) is 0 Å². The van der Waals surface area contributed by atoms with E-state index in [1.54, 1.807) is 24.1 Å². The number of nitrogens with zero attached hydrogens (tertiary/aromatic N) is 3. The molecule has 0 unspecified atom stereocenters. The third-order valence-electron chi connectivity index (χ3n) is 5.80. The molecule has 1 aliphatic rings. The molecule has 14 heteroatoms. The summed E-state index contributed by atoms with van der Waals surface area (Å²) in [7, 11) is 1.55. The number of halogens is 3. The zero-order valence-corrected chi connectivity index (χ0v) is 23.2. The molecule has 4 rings (SSSR count). The highest BCUT2D eigenvalue weighted by atomic mass is 35.5. The van der Waals surface area contributed by atoms with E-state index in [-0.39, 0.29) is 27.7 Å². The van der Waals surface area contributed by atoms with Gasteiger partial charge in [-0.1, -0.05) is 29.8 Å². The number of aromatic nitrogens is 2. The zero-order valence-electron chi connectivity index (χ0n) is 21.6. The second-order valence-corrected chi connectivity index (χ2v) is 9.23. The molecule has 41 heavy (non-hydrogen) atoms. The van der Waals surface area contributed by atoms with Gasteiger partial charge < -0.3 is 29.9 Å². The maximum Gasteiger partial charge on any atom is 0.328 e. The lowest BCUT2D eigenvalue weighted by atomic mass is 10.1. The van der Waals surface area contributed by atoms with Crippen molar-refractivity contribution in [3.05, 3.63) is 71.3 Å². The molecular formula is C27H25Cl2FN4O7. The molecule has 1 aromatic heterocycles. The number of ether oxygens (including phenoxy) is 2. The molecule has 1 amide bonds. The van der Waals surface area contributed by atoms with Gasteiger partial charge in [0.1, 0.15) is 18.2 Å². The number of benzene rings is 2. The summed E-state index contributed by atoms with van der Waals surface area (Å²) in [4.78, 5) is 41.2. The molecule has 2 aromatic carbocycles. The number of carboxylic acids is 2. The molecule has 3 aromatic rings. The van der Waals surface area contributed by atoms with Crippen LogP contribution in [-0.4, -0.2) is 69.2 Å². The van der Waals surface area contributed by atoms with E-state index in [1.807, 2.05) is 0 Å². The number of carbonyl (C=O) groups excluding carboxylic acids is 1. The van der Waals surface area contributed by atoms with E-state index < -0.39 is 17.8 Å². The fourth-order valence-electron chi connectivity index (χ4n) is 3.81. The number of anilines is 2. The van der Waals surface area contributed by atoms with Gasteiger partial charge in [0.15, 0.2) is 17.3 Å². The molecule has 11 nitrogen and oxygen atoms in total. The normalized spacial score (nSPS) is 13.3. The Balaban J connectivity index is 0.000000507. The lowest BCUT2D eigenvalue weighted by Crippen LogP contribution is -2.41. The number of nitrogens with one attached hydrogen (secondary N) is 1. The fraction of sp³-hybridized carbons (Fsp3) is 0.222. The summed E-state index contributed by atoms with van der Waals surface area (Å²) in [6.45, 7) is 4.70. The van der Waals surface area contributed by atoms with Crippen molar-refractivity contribution in [1.82, 2.24) is 14.9 Å². The number of carboxylic acid groups (broad SMARTS) is 2. The summed E-state index contributed by atoms with van der Waals surface area (Å²) in [6.07, 6.45) is 5.05. The van der Waals surface area contributed by atoms with Crippen LogP contribution in [0.5, 0.6) is 11.5 Å². The third kappa shape index (κ3) is 8.29. The minimum Gasteiger partial charge on any atom is -0.493 e. The summed E-state index contributed by atoms with van der Waals surface area (Å²) in [5.74, 6) is -1.89. The first-order valence-corrected chi connectivity index (χ1v) is 12.7. The Morgan fingerprint density at radius 1 is 1.10 bits per heavy atom. The molecule has 0 aliphatic carbocycles. The fourth-order valence-corrected chi connectivity index (χ4v) is 4.12. The van der Waals surface area contributed by atoms with Crippen LogP contribution in [0.25, 0.3) is 10.9 Å². The standard InChI is InChI=1S/C23H21Cl2FN4O3.C4H4O4/c1-3-20(31)30-8-6-13(7-9-30)33-19-10-14-17(11-18(19)32-2)27-12-28-23(14)29-16-5-4-15(24)21(25)22(16)26;5-3(6)1-2-4(7)8/h3-5,10-13H,1,6-9H2,2H3,(H,27,28,29);1-2H,(H,5,6)(H,7,8)/b;2-1-. The Morgan fingerprint density at radius 3 is 2.34 bits per heavy atom. The second-order valence-electron chi connectivity index (χ2n) is 8.45. The van der Waals surface area contributed by atoms with Crippen molar-refractivity contribution in [3.8, 4) is 11.5 Å². The number of methoxy groups -OCH3 is 1. The monoisotopic (exact) mass is 606 g/mol. The quantitative estimate of drug-likeness (QED) is 0.233. The van der Waals surface area contributed by atoms with Crippen LogP contribution in [-0.2, 0) is 14.4 Å². The molecule has 0 bridgehead atoms. The average Bonchev–Trinajstić information content (AvgIpc) is 2.96. The number of carbonyl (C=O) groups is 3. The molecule has 1 fully saturated rings. The van der Waals surface area contributed by atoms with Crippen LogP contribution in [0.1, 0.15) is 12.8 Å². The lowest BCUT2D eigenvalue weighted by molar-refractivity contribution is -0.134. The van der Waals surface area contributed by atoms with Gasteiger partial charge >= 0.3 is 11.9 Å². The zero-order chi connectivity index (χ0) is 30.1. The molecule has 3 N–H and O–H groups in total. The van der Waals surface area contributed by atoms with Gasteiger partial charge in [0.05, 0.1) is 28.4 Å². The van der Waals surface area contributed by atoms with Crippen molar-refractivity contribution in [2.45, 2.75) is 18.9 Å². The predicted molar refractivity (Wildman–Crippen MR) is 151 cm³/mol. The largest absolute Gasteiger partial charge is 0.493 e. The highest BCUT2D eigenvalue weighted by molar-refractivity contribution is 6.42. The summed E-state index contributed by atoms with van der Waals surface area (Å²) >= 11 is 11.8. The third-order valence-corrected chi connectivity index (χ3v) is 6.58.